The lowest BCUT2D eigenvalue weighted by molar-refractivity contribution is 0.0601. The van der Waals surface area contributed by atoms with Crippen molar-refractivity contribution in [1.29, 1.82) is 0 Å². The van der Waals surface area contributed by atoms with E-state index < -0.39 is 5.97 Å². The Morgan fingerprint density at radius 2 is 2.15 bits per heavy atom. The fourth-order valence-electron chi connectivity index (χ4n) is 1.75. The molecular weight excluding hydrogens is 280 g/mol. The van der Waals surface area contributed by atoms with Crippen LogP contribution in [0.1, 0.15) is 24.2 Å². The molecule has 1 aromatic carbocycles. The van der Waals surface area contributed by atoms with Gasteiger partial charge in [0.05, 0.1) is 23.8 Å². The molecule has 1 heterocycles. The van der Waals surface area contributed by atoms with E-state index in [1.54, 1.807) is 35.3 Å². The second kappa shape index (κ2) is 5.96. The van der Waals surface area contributed by atoms with Crippen LogP contribution in [0.3, 0.4) is 0 Å². The number of hydrogen-bond donors (Lipinski definition) is 0. The van der Waals surface area contributed by atoms with Crippen LogP contribution in [0.2, 0.25) is 5.02 Å². The van der Waals surface area contributed by atoms with E-state index in [-0.39, 0.29) is 16.7 Å². The Morgan fingerprint density at radius 3 is 2.70 bits per heavy atom. The number of hydrogen-bond acceptors (Lipinski definition) is 4. The summed E-state index contributed by atoms with van der Waals surface area (Å²) < 4.78 is 12.0. The molecule has 2 rings (SSSR count). The van der Waals surface area contributed by atoms with Crippen LogP contribution < -0.4 is 4.74 Å². The number of rotatable bonds is 4. The molecule has 0 aliphatic heterocycles. The SMILES string of the molecule is COC(=O)c1cc(-n2cccn2)c(OC(C)C)cc1Cl. The smallest absolute Gasteiger partial charge is 0.339 e. The maximum absolute atomic E-state index is 11.7. The van der Waals surface area contributed by atoms with Gasteiger partial charge in [0.15, 0.2) is 0 Å². The van der Waals surface area contributed by atoms with E-state index >= 15 is 0 Å². The van der Waals surface area contributed by atoms with Crippen molar-refractivity contribution in [2.75, 3.05) is 7.11 Å². The molecule has 0 N–H and O–H groups in total. The molecule has 6 heteroatoms. The van der Waals surface area contributed by atoms with Gasteiger partial charge in [0.2, 0.25) is 0 Å². The summed E-state index contributed by atoms with van der Waals surface area (Å²) in [5.74, 6) is 0.0563. The minimum absolute atomic E-state index is 0.0237. The number of aromatic nitrogens is 2. The van der Waals surface area contributed by atoms with E-state index in [0.717, 1.165) is 0 Å². The van der Waals surface area contributed by atoms with Gasteiger partial charge in [-0.25, -0.2) is 9.48 Å². The van der Waals surface area contributed by atoms with Gasteiger partial charge in [-0.1, -0.05) is 11.6 Å². The van der Waals surface area contributed by atoms with Gasteiger partial charge >= 0.3 is 5.97 Å². The van der Waals surface area contributed by atoms with Crippen LogP contribution in [0.15, 0.2) is 30.6 Å². The minimum atomic E-state index is -0.500. The van der Waals surface area contributed by atoms with Crippen molar-refractivity contribution in [2.45, 2.75) is 20.0 Å². The summed E-state index contributed by atoms with van der Waals surface area (Å²) in [4.78, 5) is 11.7. The molecule has 0 bridgehead atoms. The lowest BCUT2D eigenvalue weighted by Crippen LogP contribution is -2.11. The maximum Gasteiger partial charge on any atom is 0.339 e. The van der Waals surface area contributed by atoms with E-state index in [0.29, 0.717) is 11.4 Å². The van der Waals surface area contributed by atoms with E-state index in [4.69, 9.17) is 21.1 Å². The van der Waals surface area contributed by atoms with Crippen molar-refractivity contribution in [1.82, 2.24) is 9.78 Å². The van der Waals surface area contributed by atoms with Crippen LogP contribution in [0.4, 0.5) is 0 Å². The fourth-order valence-corrected chi connectivity index (χ4v) is 1.98. The first kappa shape index (κ1) is 14.4. The molecule has 0 amide bonds. The Kier molecular flexibility index (Phi) is 4.29. The summed E-state index contributed by atoms with van der Waals surface area (Å²) in [6, 6.07) is 5.00. The number of esters is 1. The summed E-state index contributed by atoms with van der Waals surface area (Å²) in [7, 11) is 1.31. The Morgan fingerprint density at radius 1 is 1.40 bits per heavy atom. The van der Waals surface area contributed by atoms with Gasteiger partial charge in [-0.3, -0.25) is 0 Å². The molecule has 0 saturated heterocycles. The van der Waals surface area contributed by atoms with Gasteiger partial charge in [-0.2, -0.15) is 5.10 Å². The summed E-state index contributed by atoms with van der Waals surface area (Å²) in [6.07, 6.45) is 3.38. The van der Waals surface area contributed by atoms with Gasteiger partial charge < -0.3 is 9.47 Å². The van der Waals surface area contributed by atoms with Crippen LogP contribution in [-0.2, 0) is 4.74 Å². The highest BCUT2D eigenvalue weighted by molar-refractivity contribution is 6.33. The molecule has 0 saturated carbocycles. The molecule has 5 nitrogen and oxygen atoms in total. The normalized spacial score (nSPS) is 10.7. The Labute approximate surface area is 122 Å². The van der Waals surface area contributed by atoms with Crippen LogP contribution in [-0.4, -0.2) is 29.0 Å². The first-order valence-electron chi connectivity index (χ1n) is 6.11. The first-order chi connectivity index (χ1) is 9.52. The first-order valence-corrected chi connectivity index (χ1v) is 6.49. The number of methoxy groups -OCH3 is 1. The van der Waals surface area contributed by atoms with E-state index in [1.165, 1.54) is 7.11 Å². The molecular formula is C14H15ClN2O3. The number of nitrogens with zero attached hydrogens (tertiary/aromatic N) is 2. The van der Waals surface area contributed by atoms with E-state index in [9.17, 15) is 4.79 Å². The fraction of sp³-hybridized carbons (Fsp3) is 0.286. The van der Waals surface area contributed by atoms with Crippen LogP contribution in [0.25, 0.3) is 5.69 Å². The summed E-state index contributed by atoms with van der Waals surface area (Å²) >= 11 is 6.11. The van der Waals surface area contributed by atoms with Crippen molar-refractivity contribution in [3.8, 4) is 11.4 Å². The van der Waals surface area contributed by atoms with Crippen molar-refractivity contribution in [2.24, 2.45) is 0 Å². The Hall–Kier alpha value is -2.01. The number of carbonyl (C=O) groups excluding carboxylic acids is 1. The molecule has 0 unspecified atom stereocenters. The molecule has 0 fully saturated rings. The van der Waals surface area contributed by atoms with Gasteiger partial charge in [0.25, 0.3) is 0 Å². The van der Waals surface area contributed by atoms with Crippen LogP contribution in [0, 0.1) is 0 Å². The van der Waals surface area contributed by atoms with Gasteiger partial charge in [0, 0.05) is 18.5 Å². The van der Waals surface area contributed by atoms with Gasteiger partial charge in [0.1, 0.15) is 11.4 Å². The second-order valence-electron chi connectivity index (χ2n) is 4.41. The third-order valence-electron chi connectivity index (χ3n) is 2.57. The Balaban J connectivity index is 2.57. The van der Waals surface area contributed by atoms with E-state index in [2.05, 4.69) is 5.10 Å². The zero-order chi connectivity index (χ0) is 14.7. The number of carbonyl (C=O) groups is 1. The predicted molar refractivity (Wildman–Crippen MR) is 75.7 cm³/mol. The van der Waals surface area contributed by atoms with Crippen LogP contribution >= 0.6 is 11.6 Å². The number of ether oxygens (including phenoxy) is 2. The quantitative estimate of drug-likeness (QED) is 0.813. The molecule has 0 radical (unpaired) electrons. The zero-order valence-electron chi connectivity index (χ0n) is 11.5. The van der Waals surface area contributed by atoms with Crippen LogP contribution in [0.5, 0.6) is 5.75 Å². The van der Waals surface area contributed by atoms with Gasteiger partial charge in [-0.05, 0) is 26.0 Å². The van der Waals surface area contributed by atoms with E-state index in [1.807, 2.05) is 13.8 Å². The largest absolute Gasteiger partial charge is 0.489 e. The minimum Gasteiger partial charge on any atom is -0.489 e. The third kappa shape index (κ3) is 2.93. The Bertz CT molecular complexity index is 609. The molecule has 0 aliphatic rings. The highest BCUT2D eigenvalue weighted by atomic mass is 35.5. The molecule has 106 valence electrons. The summed E-state index contributed by atoms with van der Waals surface area (Å²) in [6.45, 7) is 3.82. The molecule has 0 spiro atoms. The molecule has 0 aliphatic carbocycles. The van der Waals surface area contributed by atoms with Crippen molar-refractivity contribution in [3.05, 3.63) is 41.2 Å². The predicted octanol–water partition coefficient (Wildman–Crippen LogP) is 3.10. The summed E-state index contributed by atoms with van der Waals surface area (Å²) in [5.41, 5.74) is 0.907. The topological polar surface area (TPSA) is 53.4 Å². The second-order valence-corrected chi connectivity index (χ2v) is 4.82. The molecule has 1 aromatic heterocycles. The van der Waals surface area contributed by atoms with Crippen molar-refractivity contribution < 1.29 is 14.3 Å². The lowest BCUT2D eigenvalue weighted by atomic mass is 10.2. The van der Waals surface area contributed by atoms with Gasteiger partial charge in [-0.15, -0.1) is 0 Å². The van der Waals surface area contributed by atoms with Crippen molar-refractivity contribution in [3.63, 3.8) is 0 Å². The lowest BCUT2D eigenvalue weighted by Gasteiger charge is -2.16. The van der Waals surface area contributed by atoms with Crippen molar-refractivity contribution >= 4 is 17.6 Å². The zero-order valence-corrected chi connectivity index (χ0v) is 12.2. The average molecular weight is 295 g/mol. The number of benzene rings is 1. The summed E-state index contributed by atoms with van der Waals surface area (Å²) in [5, 5.41) is 4.43. The highest BCUT2D eigenvalue weighted by Gasteiger charge is 2.18. The third-order valence-corrected chi connectivity index (χ3v) is 2.88. The monoisotopic (exact) mass is 294 g/mol. The molecule has 2 aromatic rings. The molecule has 0 atom stereocenters. The highest BCUT2D eigenvalue weighted by Crippen LogP contribution is 2.31. The maximum atomic E-state index is 11.7. The standard InChI is InChI=1S/C14H15ClN2O3/c1-9(2)20-13-8-11(15)10(14(18)19-3)7-12(13)17-6-4-5-16-17/h4-9H,1-3H3. The average Bonchev–Trinajstić information content (AvgIpc) is 2.91. The molecule has 20 heavy (non-hydrogen) atoms. The number of halogens is 1.